The summed E-state index contributed by atoms with van der Waals surface area (Å²) >= 11 is 1.70. The molecule has 5 nitrogen and oxygen atoms in total. The van der Waals surface area contributed by atoms with Gasteiger partial charge in [0, 0.05) is 17.1 Å². The summed E-state index contributed by atoms with van der Waals surface area (Å²) in [6, 6.07) is 0.387. The second-order valence-electron chi connectivity index (χ2n) is 5.06. The van der Waals surface area contributed by atoms with Crippen LogP contribution in [0.25, 0.3) is 0 Å². The van der Waals surface area contributed by atoms with Crippen molar-refractivity contribution in [2.24, 2.45) is 0 Å². The molecule has 0 saturated carbocycles. The number of anilines is 2. The predicted octanol–water partition coefficient (Wildman–Crippen LogP) is 3.29. The fourth-order valence-corrected chi connectivity index (χ4v) is 2.69. The Morgan fingerprint density at radius 3 is 2.53 bits per heavy atom. The second-order valence-corrected chi connectivity index (χ2v) is 6.33. The lowest BCUT2D eigenvalue weighted by molar-refractivity contribution is 0.532. The molecule has 2 heterocycles. The van der Waals surface area contributed by atoms with Gasteiger partial charge in [-0.25, -0.2) is 9.67 Å². The van der Waals surface area contributed by atoms with E-state index in [9.17, 15) is 0 Å². The van der Waals surface area contributed by atoms with Crippen molar-refractivity contribution in [3.63, 3.8) is 0 Å². The van der Waals surface area contributed by atoms with Crippen LogP contribution in [0, 0.1) is 13.8 Å². The van der Waals surface area contributed by atoms with Crippen molar-refractivity contribution in [3.05, 3.63) is 21.8 Å². The molecule has 1 atom stereocenters. The number of nitrogens with one attached hydrogen (secondary N) is 1. The summed E-state index contributed by atoms with van der Waals surface area (Å²) in [7, 11) is 0. The minimum absolute atomic E-state index is 0.120. The van der Waals surface area contributed by atoms with Crippen molar-refractivity contribution in [1.82, 2.24) is 14.8 Å². The lowest BCUT2D eigenvalue weighted by Crippen LogP contribution is -2.14. The number of rotatable bonds is 4. The molecule has 0 amide bonds. The van der Waals surface area contributed by atoms with Gasteiger partial charge in [-0.15, -0.1) is 11.3 Å². The van der Waals surface area contributed by atoms with Gasteiger partial charge in [-0.2, -0.15) is 5.10 Å². The van der Waals surface area contributed by atoms with Crippen LogP contribution in [0.1, 0.15) is 48.4 Å². The molecule has 0 fully saturated rings. The summed E-state index contributed by atoms with van der Waals surface area (Å²) < 4.78 is 1.93. The number of thiazole rings is 1. The molecule has 6 heteroatoms. The minimum Gasteiger partial charge on any atom is -0.394 e. The van der Waals surface area contributed by atoms with E-state index in [0.29, 0.717) is 5.69 Å². The monoisotopic (exact) mass is 279 g/mol. The summed E-state index contributed by atoms with van der Waals surface area (Å²) in [5.74, 6) is 0.882. The van der Waals surface area contributed by atoms with E-state index >= 15 is 0 Å². The second kappa shape index (κ2) is 5.21. The Balaban J connectivity index is 2.28. The third-order valence-electron chi connectivity index (χ3n) is 2.98. The molecule has 1 unspecified atom stereocenters. The number of hydrogen-bond acceptors (Lipinski definition) is 5. The Bertz CT molecular complexity index is 570. The molecule has 3 N–H and O–H groups in total. The van der Waals surface area contributed by atoms with Crippen molar-refractivity contribution in [2.45, 2.75) is 46.7 Å². The summed E-state index contributed by atoms with van der Waals surface area (Å²) in [6.07, 6.45) is 1.90. The molecule has 0 aliphatic carbocycles. The first-order chi connectivity index (χ1) is 8.90. The van der Waals surface area contributed by atoms with Crippen LogP contribution in [0.5, 0.6) is 0 Å². The van der Waals surface area contributed by atoms with Crippen molar-refractivity contribution in [3.8, 4) is 0 Å². The quantitative estimate of drug-likeness (QED) is 0.901. The molecule has 104 valence electrons. The van der Waals surface area contributed by atoms with Gasteiger partial charge < -0.3 is 11.1 Å². The molecule has 2 aromatic heterocycles. The van der Waals surface area contributed by atoms with Crippen LogP contribution < -0.4 is 11.1 Å². The predicted molar refractivity (Wildman–Crippen MR) is 80.7 cm³/mol. The van der Waals surface area contributed by atoms with Gasteiger partial charge in [-0.1, -0.05) is 0 Å². The zero-order valence-corrected chi connectivity index (χ0v) is 12.9. The van der Waals surface area contributed by atoms with Gasteiger partial charge in [0.2, 0.25) is 0 Å². The first-order valence-corrected chi connectivity index (χ1v) is 7.25. The van der Waals surface area contributed by atoms with Gasteiger partial charge in [0.05, 0.1) is 17.4 Å². The van der Waals surface area contributed by atoms with E-state index in [-0.39, 0.29) is 12.1 Å². The molecule has 0 spiro atoms. The molecule has 0 aliphatic rings. The molecule has 19 heavy (non-hydrogen) atoms. The summed E-state index contributed by atoms with van der Waals surface area (Å²) in [5.41, 5.74) is 7.69. The fraction of sp³-hybridized carbons (Fsp3) is 0.538. The van der Waals surface area contributed by atoms with Crippen LogP contribution in [0.15, 0.2) is 6.20 Å². The smallest absolute Gasteiger partial charge is 0.148 e. The lowest BCUT2D eigenvalue weighted by atomic mass is 10.3. The first-order valence-electron chi connectivity index (χ1n) is 6.43. The highest BCUT2D eigenvalue weighted by molar-refractivity contribution is 7.11. The first kappa shape index (κ1) is 13.9. The van der Waals surface area contributed by atoms with Crippen LogP contribution in [-0.2, 0) is 0 Å². The summed E-state index contributed by atoms with van der Waals surface area (Å²) in [6.45, 7) is 10.3. The Hall–Kier alpha value is -1.56. The van der Waals surface area contributed by atoms with E-state index in [2.05, 4.69) is 43.1 Å². The van der Waals surface area contributed by atoms with E-state index in [1.54, 1.807) is 11.3 Å². The molecule has 0 radical (unpaired) electrons. The van der Waals surface area contributed by atoms with Crippen LogP contribution in [0.2, 0.25) is 0 Å². The summed E-state index contributed by atoms with van der Waals surface area (Å²) in [4.78, 5) is 5.62. The fourth-order valence-electron chi connectivity index (χ4n) is 1.92. The van der Waals surface area contributed by atoms with Gasteiger partial charge in [0.25, 0.3) is 0 Å². The zero-order valence-electron chi connectivity index (χ0n) is 12.1. The van der Waals surface area contributed by atoms with Gasteiger partial charge in [0.15, 0.2) is 0 Å². The highest BCUT2D eigenvalue weighted by Gasteiger charge is 2.18. The molecule has 2 rings (SSSR count). The molecular formula is C13H21N5S. The molecule has 0 aromatic carbocycles. The maximum absolute atomic E-state index is 6.11. The molecule has 2 aromatic rings. The molecule has 0 saturated heterocycles. The Labute approximate surface area is 117 Å². The topological polar surface area (TPSA) is 68.8 Å². The molecule has 0 aliphatic heterocycles. The van der Waals surface area contributed by atoms with Crippen LogP contribution in [0.3, 0.4) is 0 Å². The number of nitrogens with two attached hydrogens (primary N) is 1. The minimum atomic E-state index is 0.120. The SMILES string of the molecule is Cc1cnc(C(C)Nc2c(N)c(C)nn2C(C)C)s1. The number of aryl methyl sites for hydroxylation is 2. The van der Waals surface area contributed by atoms with E-state index in [4.69, 9.17) is 5.73 Å². The maximum Gasteiger partial charge on any atom is 0.148 e. The van der Waals surface area contributed by atoms with Crippen LogP contribution >= 0.6 is 11.3 Å². The van der Waals surface area contributed by atoms with Gasteiger partial charge in [-0.05, 0) is 34.6 Å². The Morgan fingerprint density at radius 2 is 2.00 bits per heavy atom. The highest BCUT2D eigenvalue weighted by atomic mass is 32.1. The number of hydrogen-bond donors (Lipinski definition) is 2. The molecular weight excluding hydrogens is 258 g/mol. The zero-order chi connectivity index (χ0) is 14.2. The van der Waals surface area contributed by atoms with Crippen LogP contribution in [0.4, 0.5) is 11.5 Å². The third kappa shape index (κ3) is 2.73. The van der Waals surface area contributed by atoms with E-state index in [1.807, 2.05) is 17.8 Å². The number of nitrogens with zero attached hydrogens (tertiary/aromatic N) is 3. The van der Waals surface area contributed by atoms with Crippen molar-refractivity contribution < 1.29 is 0 Å². The van der Waals surface area contributed by atoms with Crippen molar-refractivity contribution >= 4 is 22.8 Å². The lowest BCUT2D eigenvalue weighted by Gasteiger charge is -2.17. The number of aromatic nitrogens is 3. The molecule has 0 bridgehead atoms. The largest absolute Gasteiger partial charge is 0.394 e. The average molecular weight is 279 g/mol. The van der Waals surface area contributed by atoms with E-state index < -0.39 is 0 Å². The van der Waals surface area contributed by atoms with Gasteiger partial charge in [-0.3, -0.25) is 0 Å². The standard InChI is InChI=1S/C13H21N5S/c1-7(2)18-12(11(14)9(4)17-18)16-10(5)13-15-6-8(3)19-13/h6-7,10,16H,14H2,1-5H3. The Kier molecular flexibility index (Phi) is 3.80. The van der Waals surface area contributed by atoms with Gasteiger partial charge >= 0.3 is 0 Å². The summed E-state index contributed by atoms with van der Waals surface area (Å²) in [5, 5.41) is 8.97. The van der Waals surface area contributed by atoms with Crippen LogP contribution in [-0.4, -0.2) is 14.8 Å². The van der Waals surface area contributed by atoms with Gasteiger partial charge in [0.1, 0.15) is 10.8 Å². The number of nitrogen functional groups attached to an aromatic ring is 1. The van der Waals surface area contributed by atoms with Crippen molar-refractivity contribution in [2.75, 3.05) is 11.1 Å². The average Bonchev–Trinajstić information content (AvgIpc) is 2.88. The van der Waals surface area contributed by atoms with E-state index in [0.717, 1.165) is 16.5 Å². The highest BCUT2D eigenvalue weighted by Crippen LogP contribution is 2.30. The third-order valence-corrected chi connectivity index (χ3v) is 4.08. The maximum atomic E-state index is 6.11. The normalized spacial score (nSPS) is 12.9. The van der Waals surface area contributed by atoms with E-state index in [1.165, 1.54) is 4.88 Å². The van der Waals surface area contributed by atoms with Crippen molar-refractivity contribution in [1.29, 1.82) is 0 Å². The Morgan fingerprint density at radius 1 is 1.32 bits per heavy atom.